The van der Waals surface area contributed by atoms with E-state index in [2.05, 4.69) is 5.32 Å². The predicted octanol–water partition coefficient (Wildman–Crippen LogP) is -0.476. The van der Waals surface area contributed by atoms with Gasteiger partial charge in [0, 0.05) is 6.61 Å². The number of carboxylic acid groups (broad SMARTS) is 1. The predicted molar refractivity (Wildman–Crippen MR) is 52.9 cm³/mol. The number of carbonyl (C=O) groups is 2. The van der Waals surface area contributed by atoms with Crippen LogP contribution < -0.4 is 5.32 Å². The molecule has 16 heavy (non-hydrogen) atoms. The monoisotopic (exact) mass is 229 g/mol. The molecule has 0 aliphatic carbocycles. The van der Waals surface area contributed by atoms with Crippen LogP contribution in [0.1, 0.15) is 19.3 Å². The molecule has 1 amide bonds. The SMILES string of the molecule is O=C(O)C1CCC(C(=O)NC2CCOC2)O1. The first kappa shape index (κ1) is 11.3. The first-order valence-electron chi connectivity index (χ1n) is 5.43. The molecule has 2 heterocycles. The van der Waals surface area contributed by atoms with Crippen molar-refractivity contribution >= 4 is 11.9 Å². The van der Waals surface area contributed by atoms with E-state index in [4.69, 9.17) is 14.6 Å². The molecule has 0 aromatic rings. The lowest BCUT2D eigenvalue weighted by Crippen LogP contribution is -2.42. The van der Waals surface area contributed by atoms with Gasteiger partial charge in [-0.15, -0.1) is 0 Å². The summed E-state index contributed by atoms with van der Waals surface area (Å²) in [6.45, 7) is 1.19. The van der Waals surface area contributed by atoms with Gasteiger partial charge in [-0.3, -0.25) is 4.79 Å². The van der Waals surface area contributed by atoms with E-state index >= 15 is 0 Å². The van der Waals surface area contributed by atoms with Crippen molar-refractivity contribution in [3.05, 3.63) is 0 Å². The number of hydrogen-bond acceptors (Lipinski definition) is 4. The zero-order valence-electron chi connectivity index (χ0n) is 8.85. The normalized spacial score (nSPS) is 33.9. The second-order valence-corrected chi connectivity index (χ2v) is 4.10. The van der Waals surface area contributed by atoms with Crippen molar-refractivity contribution in [2.45, 2.75) is 37.5 Å². The summed E-state index contributed by atoms with van der Waals surface area (Å²) in [7, 11) is 0. The number of aliphatic carboxylic acids is 1. The minimum atomic E-state index is -1.00. The van der Waals surface area contributed by atoms with Crippen LogP contribution in [0, 0.1) is 0 Å². The Balaban J connectivity index is 1.79. The van der Waals surface area contributed by atoms with Gasteiger partial charge in [0.25, 0.3) is 0 Å². The zero-order valence-corrected chi connectivity index (χ0v) is 8.85. The molecule has 2 aliphatic rings. The fraction of sp³-hybridized carbons (Fsp3) is 0.800. The quantitative estimate of drug-likeness (QED) is 0.683. The Labute approximate surface area is 92.9 Å². The summed E-state index contributed by atoms with van der Waals surface area (Å²) in [4.78, 5) is 22.3. The molecule has 6 heteroatoms. The summed E-state index contributed by atoms with van der Waals surface area (Å²) >= 11 is 0. The Morgan fingerprint density at radius 3 is 2.50 bits per heavy atom. The molecule has 0 bridgehead atoms. The first-order chi connectivity index (χ1) is 7.66. The molecular formula is C10H15NO5. The molecule has 0 aromatic carbocycles. The van der Waals surface area contributed by atoms with E-state index < -0.39 is 18.2 Å². The van der Waals surface area contributed by atoms with Crippen molar-refractivity contribution in [2.75, 3.05) is 13.2 Å². The number of ether oxygens (including phenoxy) is 2. The van der Waals surface area contributed by atoms with Crippen LogP contribution in [0.15, 0.2) is 0 Å². The molecular weight excluding hydrogens is 214 g/mol. The lowest BCUT2D eigenvalue weighted by molar-refractivity contribution is -0.151. The minimum absolute atomic E-state index is 0.0416. The number of amides is 1. The number of carboxylic acids is 1. The van der Waals surface area contributed by atoms with Crippen LogP contribution in [0.25, 0.3) is 0 Å². The van der Waals surface area contributed by atoms with Crippen molar-refractivity contribution in [3.63, 3.8) is 0 Å². The smallest absolute Gasteiger partial charge is 0.332 e. The summed E-state index contributed by atoms with van der Waals surface area (Å²) in [5, 5.41) is 11.5. The van der Waals surface area contributed by atoms with Crippen molar-refractivity contribution in [1.82, 2.24) is 5.32 Å². The van der Waals surface area contributed by atoms with Crippen molar-refractivity contribution in [1.29, 1.82) is 0 Å². The second kappa shape index (κ2) is 4.80. The van der Waals surface area contributed by atoms with Crippen LogP contribution in [0.4, 0.5) is 0 Å². The van der Waals surface area contributed by atoms with Crippen LogP contribution in [0.3, 0.4) is 0 Å². The third-order valence-electron chi connectivity index (χ3n) is 2.86. The van der Waals surface area contributed by atoms with Crippen LogP contribution in [-0.2, 0) is 19.1 Å². The molecule has 3 unspecified atom stereocenters. The fourth-order valence-electron chi connectivity index (χ4n) is 1.95. The minimum Gasteiger partial charge on any atom is -0.479 e. The highest BCUT2D eigenvalue weighted by atomic mass is 16.5. The number of nitrogens with one attached hydrogen (secondary N) is 1. The van der Waals surface area contributed by atoms with E-state index in [-0.39, 0.29) is 11.9 Å². The number of carbonyl (C=O) groups excluding carboxylic acids is 1. The van der Waals surface area contributed by atoms with E-state index in [1.54, 1.807) is 0 Å². The Bertz CT molecular complexity index is 287. The van der Waals surface area contributed by atoms with E-state index in [9.17, 15) is 9.59 Å². The molecule has 2 aliphatic heterocycles. The summed E-state index contributed by atoms with van der Waals surface area (Å²) in [5.41, 5.74) is 0. The fourth-order valence-corrected chi connectivity index (χ4v) is 1.95. The van der Waals surface area contributed by atoms with Crippen LogP contribution >= 0.6 is 0 Å². The Morgan fingerprint density at radius 2 is 1.94 bits per heavy atom. The van der Waals surface area contributed by atoms with Gasteiger partial charge in [0.05, 0.1) is 12.6 Å². The molecule has 2 fully saturated rings. The Morgan fingerprint density at radius 1 is 1.19 bits per heavy atom. The molecule has 6 nitrogen and oxygen atoms in total. The average Bonchev–Trinajstić information content (AvgIpc) is 2.86. The maximum absolute atomic E-state index is 11.7. The van der Waals surface area contributed by atoms with Gasteiger partial charge >= 0.3 is 5.97 Å². The molecule has 0 spiro atoms. The lowest BCUT2D eigenvalue weighted by atomic mass is 10.1. The van der Waals surface area contributed by atoms with Gasteiger partial charge in [-0.25, -0.2) is 4.79 Å². The molecule has 0 aromatic heterocycles. The highest BCUT2D eigenvalue weighted by molar-refractivity contribution is 5.82. The number of rotatable bonds is 3. The van der Waals surface area contributed by atoms with Gasteiger partial charge in [-0.2, -0.15) is 0 Å². The van der Waals surface area contributed by atoms with Crippen molar-refractivity contribution < 1.29 is 24.2 Å². The highest BCUT2D eigenvalue weighted by Gasteiger charge is 2.35. The molecule has 0 radical (unpaired) electrons. The summed E-state index contributed by atoms with van der Waals surface area (Å²) < 4.78 is 10.3. The van der Waals surface area contributed by atoms with E-state index in [0.29, 0.717) is 26.1 Å². The standard InChI is InChI=1S/C10H15NO5/c12-9(11-6-3-4-15-5-6)7-1-2-8(16-7)10(13)14/h6-8H,1-5H2,(H,11,12)(H,13,14). The lowest BCUT2D eigenvalue weighted by Gasteiger charge is -2.15. The molecule has 90 valence electrons. The van der Waals surface area contributed by atoms with E-state index in [1.165, 1.54) is 0 Å². The topological polar surface area (TPSA) is 84.9 Å². The van der Waals surface area contributed by atoms with Crippen LogP contribution in [0.2, 0.25) is 0 Å². The molecule has 0 saturated carbocycles. The largest absolute Gasteiger partial charge is 0.479 e. The third kappa shape index (κ3) is 2.51. The summed E-state index contributed by atoms with van der Waals surface area (Å²) in [6.07, 6.45) is 0.212. The zero-order chi connectivity index (χ0) is 11.5. The molecule has 2 N–H and O–H groups in total. The maximum atomic E-state index is 11.7. The molecule has 2 rings (SSSR count). The van der Waals surface area contributed by atoms with Gasteiger partial charge in [-0.1, -0.05) is 0 Å². The van der Waals surface area contributed by atoms with Gasteiger partial charge in [-0.05, 0) is 19.3 Å². The maximum Gasteiger partial charge on any atom is 0.332 e. The van der Waals surface area contributed by atoms with Crippen LogP contribution in [-0.4, -0.2) is 48.4 Å². The summed E-state index contributed by atoms with van der Waals surface area (Å²) in [6, 6.07) is 0.0416. The molecule has 2 saturated heterocycles. The van der Waals surface area contributed by atoms with Crippen LogP contribution in [0.5, 0.6) is 0 Å². The van der Waals surface area contributed by atoms with Gasteiger partial charge in [0.15, 0.2) is 6.10 Å². The van der Waals surface area contributed by atoms with E-state index in [1.807, 2.05) is 0 Å². The van der Waals surface area contributed by atoms with Gasteiger partial charge in [0.1, 0.15) is 6.10 Å². The van der Waals surface area contributed by atoms with Gasteiger partial charge < -0.3 is 19.9 Å². The van der Waals surface area contributed by atoms with Crippen molar-refractivity contribution in [2.24, 2.45) is 0 Å². The summed E-state index contributed by atoms with van der Waals surface area (Å²) in [5.74, 6) is -1.22. The van der Waals surface area contributed by atoms with E-state index in [0.717, 1.165) is 6.42 Å². The van der Waals surface area contributed by atoms with Gasteiger partial charge in [0.2, 0.25) is 5.91 Å². The second-order valence-electron chi connectivity index (χ2n) is 4.10. The third-order valence-corrected chi connectivity index (χ3v) is 2.86. The number of hydrogen-bond donors (Lipinski definition) is 2. The Hall–Kier alpha value is -1.14. The van der Waals surface area contributed by atoms with Crippen molar-refractivity contribution in [3.8, 4) is 0 Å². The average molecular weight is 229 g/mol. The first-order valence-corrected chi connectivity index (χ1v) is 5.43. The molecule has 3 atom stereocenters. The Kier molecular flexibility index (Phi) is 3.40. The highest BCUT2D eigenvalue weighted by Crippen LogP contribution is 2.20.